The smallest absolute Gasteiger partial charge is 0.265 e. The van der Waals surface area contributed by atoms with Crippen LogP contribution >= 0.6 is 15.9 Å². The van der Waals surface area contributed by atoms with Gasteiger partial charge in [0.25, 0.3) is 5.91 Å². The van der Waals surface area contributed by atoms with Crippen LogP contribution in [0.3, 0.4) is 0 Å². The second-order valence-electron chi connectivity index (χ2n) is 4.21. The Hall–Kier alpha value is -1.88. The zero-order valence-corrected chi connectivity index (χ0v) is 12.4. The first-order valence-electron chi connectivity index (χ1n) is 6.03. The molecule has 1 atom stereocenters. The van der Waals surface area contributed by atoms with E-state index in [1.54, 1.807) is 19.1 Å². The monoisotopic (exact) mass is 337 g/mol. The van der Waals surface area contributed by atoms with Gasteiger partial charge in [-0.15, -0.1) is 0 Å². The van der Waals surface area contributed by atoms with Crippen LogP contribution in [0.4, 0.5) is 10.1 Å². The Balaban J connectivity index is 1.96. The normalized spacial score (nSPS) is 11.8. The maximum absolute atomic E-state index is 12.8. The molecule has 0 aliphatic rings. The third kappa shape index (κ3) is 4.06. The summed E-state index contributed by atoms with van der Waals surface area (Å²) in [7, 11) is 0. The van der Waals surface area contributed by atoms with Crippen LogP contribution in [-0.2, 0) is 4.79 Å². The minimum Gasteiger partial charge on any atom is -0.481 e. The lowest BCUT2D eigenvalue weighted by molar-refractivity contribution is -0.122. The lowest BCUT2D eigenvalue weighted by atomic mass is 10.3. The number of nitrogens with one attached hydrogen (secondary N) is 1. The van der Waals surface area contributed by atoms with Crippen molar-refractivity contribution in [1.29, 1.82) is 0 Å². The van der Waals surface area contributed by atoms with Gasteiger partial charge in [-0.05, 0) is 49.4 Å². The Bertz CT molecular complexity index is 601. The molecule has 0 aliphatic heterocycles. The van der Waals surface area contributed by atoms with E-state index in [9.17, 15) is 9.18 Å². The number of amides is 1. The van der Waals surface area contributed by atoms with E-state index in [-0.39, 0.29) is 11.7 Å². The third-order valence-electron chi connectivity index (χ3n) is 2.59. The fraction of sp³-hybridized carbons (Fsp3) is 0.133. The molecular formula is C15H13BrFNO2. The van der Waals surface area contributed by atoms with E-state index in [0.29, 0.717) is 11.4 Å². The van der Waals surface area contributed by atoms with Crippen LogP contribution in [0, 0.1) is 5.82 Å². The van der Waals surface area contributed by atoms with Crippen molar-refractivity contribution in [3.05, 3.63) is 58.8 Å². The van der Waals surface area contributed by atoms with Crippen molar-refractivity contribution in [2.45, 2.75) is 13.0 Å². The molecule has 20 heavy (non-hydrogen) atoms. The average Bonchev–Trinajstić information content (AvgIpc) is 2.41. The summed E-state index contributed by atoms with van der Waals surface area (Å²) in [5.74, 6) is -0.0425. The number of hydrogen-bond acceptors (Lipinski definition) is 2. The van der Waals surface area contributed by atoms with E-state index in [1.165, 1.54) is 24.3 Å². The van der Waals surface area contributed by atoms with Crippen molar-refractivity contribution in [2.75, 3.05) is 5.32 Å². The number of benzene rings is 2. The van der Waals surface area contributed by atoms with Crippen LogP contribution in [0.5, 0.6) is 5.75 Å². The first-order valence-corrected chi connectivity index (χ1v) is 6.82. The van der Waals surface area contributed by atoms with Crippen molar-refractivity contribution in [2.24, 2.45) is 0 Å². The van der Waals surface area contributed by atoms with Gasteiger partial charge in [0.1, 0.15) is 11.6 Å². The van der Waals surface area contributed by atoms with Gasteiger partial charge in [0.05, 0.1) is 0 Å². The van der Waals surface area contributed by atoms with Gasteiger partial charge in [-0.25, -0.2) is 4.39 Å². The molecule has 1 amide bonds. The summed E-state index contributed by atoms with van der Waals surface area (Å²) < 4.78 is 19.2. The quantitative estimate of drug-likeness (QED) is 0.915. The molecule has 2 aromatic rings. The molecule has 0 saturated heterocycles. The molecule has 5 heteroatoms. The maximum atomic E-state index is 12.8. The van der Waals surface area contributed by atoms with Crippen LogP contribution in [0.2, 0.25) is 0 Å². The highest BCUT2D eigenvalue weighted by Gasteiger charge is 2.14. The van der Waals surface area contributed by atoms with Crippen LogP contribution in [0.1, 0.15) is 6.92 Å². The van der Waals surface area contributed by atoms with E-state index in [2.05, 4.69) is 21.2 Å². The molecule has 104 valence electrons. The molecular weight excluding hydrogens is 325 g/mol. The molecule has 1 unspecified atom stereocenters. The molecule has 1 N–H and O–H groups in total. The molecule has 3 nitrogen and oxygen atoms in total. The topological polar surface area (TPSA) is 38.3 Å². The summed E-state index contributed by atoms with van der Waals surface area (Å²) in [6.45, 7) is 1.65. The van der Waals surface area contributed by atoms with Gasteiger partial charge in [0, 0.05) is 10.2 Å². The summed E-state index contributed by atoms with van der Waals surface area (Å²) in [5, 5.41) is 2.66. The van der Waals surface area contributed by atoms with Gasteiger partial charge in [0.2, 0.25) is 0 Å². The second kappa shape index (κ2) is 6.52. The molecule has 0 aliphatic carbocycles. The number of rotatable bonds is 4. The number of hydrogen-bond donors (Lipinski definition) is 1. The first kappa shape index (κ1) is 14.5. The molecule has 2 rings (SSSR count). The number of carbonyl (C=O) groups is 1. The zero-order valence-electron chi connectivity index (χ0n) is 10.8. The van der Waals surface area contributed by atoms with Crippen LogP contribution < -0.4 is 10.1 Å². The highest BCUT2D eigenvalue weighted by molar-refractivity contribution is 9.10. The lowest BCUT2D eigenvalue weighted by Crippen LogP contribution is -2.30. The van der Waals surface area contributed by atoms with E-state index < -0.39 is 6.10 Å². The predicted molar refractivity (Wildman–Crippen MR) is 79.3 cm³/mol. The number of carbonyl (C=O) groups excluding carboxylic acids is 1. The van der Waals surface area contributed by atoms with Crippen molar-refractivity contribution in [3.63, 3.8) is 0 Å². The van der Waals surface area contributed by atoms with Crippen molar-refractivity contribution in [3.8, 4) is 5.75 Å². The van der Waals surface area contributed by atoms with Crippen LogP contribution in [0.25, 0.3) is 0 Å². The Morgan fingerprint density at radius 3 is 2.60 bits per heavy atom. The molecule has 0 radical (unpaired) electrons. The number of ether oxygens (including phenoxy) is 1. The number of anilines is 1. The molecule has 2 aromatic carbocycles. The molecule has 0 aromatic heterocycles. The Morgan fingerprint density at radius 1 is 1.25 bits per heavy atom. The van der Waals surface area contributed by atoms with E-state index in [4.69, 9.17) is 4.74 Å². The van der Waals surface area contributed by atoms with Crippen molar-refractivity contribution in [1.82, 2.24) is 0 Å². The second-order valence-corrected chi connectivity index (χ2v) is 5.13. The highest BCUT2D eigenvalue weighted by Crippen LogP contribution is 2.19. The molecule has 0 saturated carbocycles. The summed E-state index contributed by atoms with van der Waals surface area (Å²) in [5.41, 5.74) is 0.529. The predicted octanol–water partition coefficient (Wildman–Crippen LogP) is 3.99. The Morgan fingerprint density at radius 2 is 1.95 bits per heavy atom. The average molecular weight is 338 g/mol. The summed E-state index contributed by atoms with van der Waals surface area (Å²) in [4.78, 5) is 11.9. The van der Waals surface area contributed by atoms with Gasteiger partial charge >= 0.3 is 0 Å². The van der Waals surface area contributed by atoms with Crippen LogP contribution in [-0.4, -0.2) is 12.0 Å². The number of halogens is 2. The SMILES string of the molecule is CC(Oc1cccc(Br)c1)C(=O)Nc1ccc(F)cc1. The molecule has 0 spiro atoms. The highest BCUT2D eigenvalue weighted by atomic mass is 79.9. The van der Waals surface area contributed by atoms with Gasteiger partial charge in [-0.2, -0.15) is 0 Å². The summed E-state index contributed by atoms with van der Waals surface area (Å²) >= 11 is 3.33. The minimum absolute atomic E-state index is 0.295. The van der Waals surface area contributed by atoms with Crippen LogP contribution in [0.15, 0.2) is 53.0 Å². The van der Waals surface area contributed by atoms with E-state index >= 15 is 0 Å². The van der Waals surface area contributed by atoms with Gasteiger partial charge < -0.3 is 10.1 Å². The zero-order chi connectivity index (χ0) is 14.5. The maximum Gasteiger partial charge on any atom is 0.265 e. The Labute approximate surface area is 124 Å². The van der Waals surface area contributed by atoms with Crippen molar-refractivity contribution < 1.29 is 13.9 Å². The first-order chi connectivity index (χ1) is 9.54. The van der Waals surface area contributed by atoms with E-state index in [0.717, 1.165) is 4.47 Å². The molecule has 0 fully saturated rings. The standard InChI is InChI=1S/C15H13BrFNO2/c1-10(20-14-4-2-3-11(16)9-14)15(19)18-13-7-5-12(17)6-8-13/h2-10H,1H3,(H,18,19). The minimum atomic E-state index is -0.658. The van der Waals surface area contributed by atoms with Crippen molar-refractivity contribution >= 4 is 27.5 Å². The third-order valence-corrected chi connectivity index (χ3v) is 3.08. The summed E-state index contributed by atoms with van der Waals surface area (Å²) in [6.07, 6.45) is -0.658. The Kier molecular flexibility index (Phi) is 4.74. The van der Waals surface area contributed by atoms with Gasteiger partial charge in [-0.3, -0.25) is 4.79 Å². The lowest BCUT2D eigenvalue weighted by Gasteiger charge is -2.14. The summed E-state index contributed by atoms with van der Waals surface area (Å²) in [6, 6.07) is 12.8. The van der Waals surface area contributed by atoms with Gasteiger partial charge in [0.15, 0.2) is 6.10 Å². The largest absolute Gasteiger partial charge is 0.481 e. The molecule has 0 heterocycles. The van der Waals surface area contributed by atoms with Gasteiger partial charge in [-0.1, -0.05) is 22.0 Å². The fourth-order valence-electron chi connectivity index (χ4n) is 1.58. The molecule has 0 bridgehead atoms. The fourth-order valence-corrected chi connectivity index (χ4v) is 1.95. The van der Waals surface area contributed by atoms with E-state index in [1.807, 2.05) is 12.1 Å².